The monoisotopic (exact) mass is 478 g/mol. The Hall–Kier alpha value is -2.66. The molecule has 1 fully saturated rings. The number of nitrogens with zero attached hydrogens (tertiary/aromatic N) is 4. The van der Waals surface area contributed by atoms with Crippen LogP contribution < -0.4 is 4.90 Å². The first kappa shape index (κ1) is 22.5. The summed E-state index contributed by atoms with van der Waals surface area (Å²) in [6.07, 6.45) is 0.636. The van der Waals surface area contributed by atoms with Gasteiger partial charge in [0.15, 0.2) is 5.13 Å². The molecule has 1 saturated heterocycles. The second-order valence-corrected chi connectivity index (χ2v) is 8.68. The Labute approximate surface area is 192 Å². The van der Waals surface area contributed by atoms with E-state index < -0.39 is 16.6 Å². The Bertz CT molecular complexity index is 1150. The van der Waals surface area contributed by atoms with Crippen molar-refractivity contribution in [3.63, 3.8) is 0 Å². The van der Waals surface area contributed by atoms with Crippen LogP contribution in [-0.4, -0.2) is 60.1 Å². The molecule has 0 radical (unpaired) electrons. The van der Waals surface area contributed by atoms with Crippen molar-refractivity contribution in [1.29, 1.82) is 0 Å². The summed E-state index contributed by atoms with van der Waals surface area (Å²) in [7, 11) is 0. The molecule has 0 saturated carbocycles. The number of aromatic nitrogens is 1. The van der Waals surface area contributed by atoms with Crippen LogP contribution in [0.5, 0.6) is 0 Å². The molecule has 0 N–H and O–H groups in total. The first-order valence-electron chi connectivity index (χ1n) is 10.0. The number of halogens is 2. The summed E-state index contributed by atoms with van der Waals surface area (Å²) in [4.78, 5) is 32.1. The van der Waals surface area contributed by atoms with Gasteiger partial charge in [0.2, 0.25) is 0 Å². The van der Waals surface area contributed by atoms with Gasteiger partial charge < -0.3 is 4.74 Å². The zero-order valence-electron chi connectivity index (χ0n) is 17.0. The molecule has 1 aliphatic rings. The number of benzene rings is 2. The van der Waals surface area contributed by atoms with Crippen molar-refractivity contribution >= 4 is 49.9 Å². The Balaban J connectivity index is 1.64. The minimum absolute atomic E-state index is 0.00645. The molecule has 0 atom stereocenters. The number of carbonyl (C=O) groups is 1. The molecule has 0 aliphatic carbocycles. The van der Waals surface area contributed by atoms with E-state index in [1.165, 1.54) is 34.4 Å². The number of morpholine rings is 1. The fourth-order valence-electron chi connectivity index (χ4n) is 3.52. The van der Waals surface area contributed by atoms with Gasteiger partial charge in [-0.05, 0) is 24.6 Å². The van der Waals surface area contributed by atoms with Gasteiger partial charge >= 0.3 is 0 Å². The van der Waals surface area contributed by atoms with Gasteiger partial charge in [-0.25, -0.2) is 9.37 Å². The number of non-ortho nitro benzene ring substituents is 1. The highest BCUT2D eigenvalue weighted by molar-refractivity contribution is 7.22. The van der Waals surface area contributed by atoms with Gasteiger partial charge in [0, 0.05) is 38.3 Å². The molecule has 0 unspecified atom stereocenters. The summed E-state index contributed by atoms with van der Waals surface area (Å²) < 4.78 is 20.2. The number of rotatable bonds is 7. The SMILES string of the molecule is O=C(c1cc([N+](=O)[O-])ccc1Cl)N(CCCN1CCOCC1)c1nc2c(F)cccc2s1. The number of anilines is 1. The van der Waals surface area contributed by atoms with Gasteiger partial charge in [0.25, 0.3) is 11.6 Å². The normalized spacial score (nSPS) is 14.6. The highest BCUT2D eigenvalue weighted by Gasteiger charge is 2.26. The highest BCUT2D eigenvalue weighted by Crippen LogP contribution is 2.32. The Morgan fingerprint density at radius 1 is 1.31 bits per heavy atom. The second-order valence-electron chi connectivity index (χ2n) is 7.27. The number of fused-ring (bicyclic) bond motifs is 1. The minimum Gasteiger partial charge on any atom is -0.379 e. The second kappa shape index (κ2) is 9.86. The van der Waals surface area contributed by atoms with Crippen molar-refractivity contribution < 1.29 is 18.8 Å². The van der Waals surface area contributed by atoms with E-state index in [2.05, 4.69) is 9.88 Å². The number of hydrogen-bond donors (Lipinski definition) is 0. The molecule has 32 heavy (non-hydrogen) atoms. The minimum atomic E-state index is -0.580. The van der Waals surface area contributed by atoms with Gasteiger partial charge in [-0.3, -0.25) is 24.7 Å². The maximum atomic E-state index is 14.2. The van der Waals surface area contributed by atoms with Crippen LogP contribution in [0.3, 0.4) is 0 Å². The van der Waals surface area contributed by atoms with Gasteiger partial charge in [-0.2, -0.15) is 0 Å². The lowest BCUT2D eigenvalue weighted by molar-refractivity contribution is -0.384. The van der Waals surface area contributed by atoms with Crippen LogP contribution in [0.4, 0.5) is 15.2 Å². The summed E-state index contributed by atoms with van der Waals surface area (Å²) in [6.45, 7) is 4.02. The maximum absolute atomic E-state index is 14.2. The first-order chi connectivity index (χ1) is 15.4. The molecular formula is C21H20ClFN4O4S. The highest BCUT2D eigenvalue weighted by atomic mass is 35.5. The van der Waals surface area contributed by atoms with E-state index in [1.807, 2.05) is 0 Å². The molecule has 3 aromatic rings. The molecule has 0 spiro atoms. The molecule has 168 valence electrons. The van der Waals surface area contributed by atoms with Crippen molar-refractivity contribution in [1.82, 2.24) is 9.88 Å². The molecule has 2 heterocycles. The standard InChI is InChI=1S/C21H20ClFN4O4S/c22-16-6-5-14(27(29)30)13-15(16)20(28)26(8-2-7-25-9-11-31-12-10-25)21-24-19-17(23)3-1-4-18(19)32-21/h1,3-6,13H,2,7-12H2. The van der Waals surface area contributed by atoms with E-state index in [1.54, 1.807) is 12.1 Å². The summed E-state index contributed by atoms with van der Waals surface area (Å²) in [5.74, 6) is -0.987. The summed E-state index contributed by atoms with van der Waals surface area (Å²) >= 11 is 7.41. The zero-order chi connectivity index (χ0) is 22.7. The summed E-state index contributed by atoms with van der Waals surface area (Å²) in [6, 6.07) is 8.37. The van der Waals surface area contributed by atoms with Gasteiger partial charge in [-0.15, -0.1) is 0 Å². The lowest BCUT2D eigenvalue weighted by Crippen LogP contribution is -2.39. The Morgan fingerprint density at radius 2 is 2.09 bits per heavy atom. The number of nitro benzene ring substituents is 1. The molecule has 2 aromatic carbocycles. The average Bonchev–Trinajstić information content (AvgIpc) is 3.22. The summed E-state index contributed by atoms with van der Waals surface area (Å²) in [5, 5.41) is 11.6. The van der Waals surface area contributed by atoms with Crippen molar-refractivity contribution in [2.24, 2.45) is 0 Å². The van der Waals surface area contributed by atoms with Crippen LogP contribution in [0.25, 0.3) is 10.2 Å². The van der Waals surface area contributed by atoms with Gasteiger partial charge in [-0.1, -0.05) is 29.0 Å². The Morgan fingerprint density at radius 3 is 2.81 bits per heavy atom. The molecular weight excluding hydrogens is 459 g/mol. The van der Waals surface area contributed by atoms with Gasteiger partial charge in [0.05, 0.1) is 33.4 Å². The molecule has 1 aliphatic heterocycles. The number of thiazole rings is 1. The number of hydrogen-bond acceptors (Lipinski definition) is 7. The van der Waals surface area contributed by atoms with E-state index in [0.29, 0.717) is 36.0 Å². The molecule has 1 amide bonds. The quantitative estimate of drug-likeness (QED) is 0.370. The lowest BCUT2D eigenvalue weighted by Gasteiger charge is -2.27. The van der Waals surface area contributed by atoms with Crippen LogP contribution >= 0.6 is 22.9 Å². The maximum Gasteiger partial charge on any atom is 0.270 e. The third kappa shape index (κ3) is 4.88. The smallest absolute Gasteiger partial charge is 0.270 e. The average molecular weight is 479 g/mol. The predicted molar refractivity (Wildman–Crippen MR) is 121 cm³/mol. The van der Waals surface area contributed by atoms with E-state index in [-0.39, 0.29) is 21.8 Å². The number of carbonyl (C=O) groups excluding carboxylic acids is 1. The fourth-order valence-corrected chi connectivity index (χ4v) is 4.72. The number of para-hydroxylation sites is 1. The zero-order valence-corrected chi connectivity index (χ0v) is 18.6. The number of nitro groups is 1. The number of amides is 1. The summed E-state index contributed by atoms with van der Waals surface area (Å²) in [5.41, 5.74) is -0.0445. The van der Waals surface area contributed by atoms with Crippen LogP contribution in [-0.2, 0) is 4.74 Å². The molecule has 4 rings (SSSR count). The molecule has 11 heteroatoms. The van der Waals surface area contributed by atoms with E-state index in [0.717, 1.165) is 25.7 Å². The van der Waals surface area contributed by atoms with Crippen LogP contribution in [0.2, 0.25) is 5.02 Å². The Kier molecular flexibility index (Phi) is 6.95. The topological polar surface area (TPSA) is 88.8 Å². The molecule has 1 aromatic heterocycles. The number of ether oxygens (including phenoxy) is 1. The van der Waals surface area contributed by atoms with E-state index in [4.69, 9.17) is 16.3 Å². The largest absolute Gasteiger partial charge is 0.379 e. The lowest BCUT2D eigenvalue weighted by atomic mass is 10.1. The predicted octanol–water partition coefficient (Wildman–Crippen LogP) is 4.37. The van der Waals surface area contributed by atoms with Crippen LogP contribution in [0, 0.1) is 15.9 Å². The molecule has 8 nitrogen and oxygen atoms in total. The van der Waals surface area contributed by atoms with Gasteiger partial charge in [0.1, 0.15) is 11.3 Å². The van der Waals surface area contributed by atoms with Crippen molar-refractivity contribution in [3.05, 3.63) is 62.9 Å². The van der Waals surface area contributed by atoms with Crippen LogP contribution in [0.1, 0.15) is 16.8 Å². The van der Waals surface area contributed by atoms with Crippen molar-refractivity contribution in [2.75, 3.05) is 44.3 Å². The van der Waals surface area contributed by atoms with E-state index in [9.17, 15) is 19.3 Å². The van der Waals surface area contributed by atoms with E-state index >= 15 is 0 Å². The first-order valence-corrected chi connectivity index (χ1v) is 11.2. The third-order valence-corrected chi connectivity index (χ3v) is 6.56. The fraction of sp³-hybridized carbons (Fsp3) is 0.333. The van der Waals surface area contributed by atoms with Crippen molar-refractivity contribution in [3.8, 4) is 0 Å². The molecule has 0 bridgehead atoms. The third-order valence-electron chi connectivity index (χ3n) is 5.19. The van der Waals surface area contributed by atoms with Crippen LogP contribution in [0.15, 0.2) is 36.4 Å². The van der Waals surface area contributed by atoms with Crippen molar-refractivity contribution in [2.45, 2.75) is 6.42 Å².